The fourth-order valence-corrected chi connectivity index (χ4v) is 4.36. The molecule has 0 bridgehead atoms. The number of hydrogen-bond donors (Lipinski definition) is 1. The van der Waals surface area contributed by atoms with E-state index in [4.69, 9.17) is 14.2 Å². The van der Waals surface area contributed by atoms with Crippen LogP contribution < -0.4 is 5.32 Å². The van der Waals surface area contributed by atoms with Crippen LogP contribution in [0.5, 0.6) is 0 Å². The Labute approximate surface area is 170 Å². The minimum Gasteiger partial charge on any atom is -0.493 e. The predicted octanol–water partition coefficient (Wildman–Crippen LogP) is 1.78. The Balaban J connectivity index is 2.12. The molecule has 0 aliphatic carbocycles. The van der Waals surface area contributed by atoms with Crippen LogP contribution in [0.25, 0.3) is 0 Å². The van der Waals surface area contributed by atoms with Gasteiger partial charge in [-0.15, -0.1) is 0 Å². The first-order chi connectivity index (χ1) is 13.7. The zero-order valence-electron chi connectivity index (χ0n) is 16.9. The van der Waals surface area contributed by atoms with Crippen LogP contribution in [0.1, 0.15) is 26.3 Å². The van der Waals surface area contributed by atoms with Gasteiger partial charge in [0, 0.05) is 18.8 Å². The lowest BCUT2D eigenvalue weighted by molar-refractivity contribution is -0.153. The summed E-state index contributed by atoms with van der Waals surface area (Å²) < 4.78 is 42.1. The largest absolute Gasteiger partial charge is 0.493 e. The number of carbonyl (C=O) groups excluding carboxylic acids is 2. The van der Waals surface area contributed by atoms with Crippen molar-refractivity contribution in [3.63, 3.8) is 0 Å². The number of nitrogens with one attached hydrogen (secondary N) is 1. The van der Waals surface area contributed by atoms with Crippen molar-refractivity contribution in [2.75, 3.05) is 31.6 Å². The van der Waals surface area contributed by atoms with E-state index in [1.165, 1.54) is 17.3 Å². The quantitative estimate of drug-likeness (QED) is 0.631. The van der Waals surface area contributed by atoms with Gasteiger partial charge in [0.05, 0.1) is 4.90 Å². The van der Waals surface area contributed by atoms with Crippen LogP contribution in [0.4, 0.5) is 5.69 Å². The molecule has 1 heterocycles. The first-order valence-corrected chi connectivity index (χ1v) is 10.7. The summed E-state index contributed by atoms with van der Waals surface area (Å²) in [5.41, 5.74) is 0.849. The van der Waals surface area contributed by atoms with Gasteiger partial charge in [-0.2, -0.15) is 4.31 Å². The number of sulfonamides is 1. The minimum absolute atomic E-state index is 0.112. The van der Waals surface area contributed by atoms with Gasteiger partial charge in [0.2, 0.25) is 15.8 Å². The van der Waals surface area contributed by atoms with Crippen molar-refractivity contribution in [2.45, 2.75) is 38.7 Å². The second-order valence-corrected chi connectivity index (χ2v) is 8.21. The van der Waals surface area contributed by atoms with Crippen LogP contribution in [0.2, 0.25) is 0 Å². The number of nitrogens with zero attached hydrogens (tertiary/aromatic N) is 1. The summed E-state index contributed by atoms with van der Waals surface area (Å²) in [5.74, 6) is -1.54. The lowest BCUT2D eigenvalue weighted by Crippen LogP contribution is -2.32. The molecule has 2 rings (SSSR count). The molecule has 1 amide bonds. The van der Waals surface area contributed by atoms with Gasteiger partial charge in [-0.05, 0) is 31.5 Å². The molecular formula is C19H26N2O7S. The Kier molecular flexibility index (Phi) is 7.63. The molecule has 0 saturated carbocycles. The minimum atomic E-state index is -3.69. The Hall–Kier alpha value is -2.59. The molecule has 0 aromatic heterocycles. The Morgan fingerprint density at radius 2 is 1.93 bits per heavy atom. The third-order valence-corrected chi connectivity index (χ3v) is 6.47. The van der Waals surface area contributed by atoms with Gasteiger partial charge in [0.15, 0.2) is 6.10 Å². The molecule has 0 fully saturated rings. The zero-order valence-corrected chi connectivity index (χ0v) is 17.7. The number of hydrogen-bond acceptors (Lipinski definition) is 7. The number of rotatable bonds is 8. The molecule has 0 unspecified atom stereocenters. The van der Waals surface area contributed by atoms with E-state index in [1.54, 1.807) is 32.9 Å². The molecule has 1 aromatic carbocycles. The second-order valence-electron chi connectivity index (χ2n) is 6.31. The van der Waals surface area contributed by atoms with E-state index in [0.717, 1.165) is 6.26 Å². The number of esters is 1. The second kappa shape index (κ2) is 9.75. The highest BCUT2D eigenvalue weighted by Crippen LogP contribution is 2.24. The molecule has 0 radical (unpaired) electrons. The summed E-state index contributed by atoms with van der Waals surface area (Å²) in [6.45, 7) is 7.83. The van der Waals surface area contributed by atoms with E-state index in [0.29, 0.717) is 25.3 Å². The number of amides is 1. The van der Waals surface area contributed by atoms with Crippen molar-refractivity contribution < 1.29 is 32.2 Å². The summed E-state index contributed by atoms with van der Waals surface area (Å²) in [7, 11) is -3.69. The number of aryl methyl sites for hydroxylation is 1. The van der Waals surface area contributed by atoms with E-state index in [9.17, 15) is 18.0 Å². The molecule has 1 aliphatic rings. The van der Waals surface area contributed by atoms with E-state index < -0.39 is 28.0 Å². The smallest absolute Gasteiger partial charge is 0.377 e. The first kappa shape index (κ1) is 22.7. The summed E-state index contributed by atoms with van der Waals surface area (Å²) in [4.78, 5) is 24.5. The molecular weight excluding hydrogens is 400 g/mol. The van der Waals surface area contributed by atoms with Gasteiger partial charge >= 0.3 is 5.97 Å². The van der Waals surface area contributed by atoms with Gasteiger partial charge in [-0.3, -0.25) is 4.79 Å². The van der Waals surface area contributed by atoms with Crippen molar-refractivity contribution in [3.8, 4) is 0 Å². The SMILES string of the molecule is CCN(CC)S(=O)(=O)c1cc(NC(=O)[C@@H](C)OC(=O)C2=COCCO2)ccc1C. The average Bonchev–Trinajstić information content (AvgIpc) is 2.70. The van der Waals surface area contributed by atoms with E-state index in [1.807, 2.05) is 0 Å². The van der Waals surface area contributed by atoms with E-state index in [-0.39, 0.29) is 22.9 Å². The number of benzene rings is 1. The van der Waals surface area contributed by atoms with Crippen molar-refractivity contribution in [1.82, 2.24) is 4.31 Å². The molecule has 1 aliphatic heterocycles. The van der Waals surface area contributed by atoms with Crippen LogP contribution in [0.15, 0.2) is 35.1 Å². The van der Waals surface area contributed by atoms with Gasteiger partial charge in [0.1, 0.15) is 19.5 Å². The molecule has 1 aromatic rings. The molecule has 160 valence electrons. The van der Waals surface area contributed by atoms with Crippen LogP contribution in [0, 0.1) is 6.92 Å². The normalized spacial score (nSPS) is 15.0. The molecule has 10 heteroatoms. The van der Waals surface area contributed by atoms with Crippen molar-refractivity contribution in [1.29, 1.82) is 0 Å². The summed E-state index contributed by atoms with van der Waals surface area (Å²) >= 11 is 0. The molecule has 0 saturated heterocycles. The molecule has 29 heavy (non-hydrogen) atoms. The van der Waals surface area contributed by atoms with Crippen LogP contribution in [0.3, 0.4) is 0 Å². The van der Waals surface area contributed by atoms with Gasteiger partial charge in [-0.25, -0.2) is 13.2 Å². The fourth-order valence-electron chi connectivity index (χ4n) is 2.65. The van der Waals surface area contributed by atoms with Gasteiger partial charge < -0.3 is 19.5 Å². The third kappa shape index (κ3) is 5.48. The van der Waals surface area contributed by atoms with Gasteiger partial charge in [-0.1, -0.05) is 19.9 Å². The van der Waals surface area contributed by atoms with Crippen LogP contribution in [-0.2, 0) is 33.8 Å². The number of anilines is 1. The topological polar surface area (TPSA) is 111 Å². The lowest BCUT2D eigenvalue weighted by atomic mass is 10.2. The van der Waals surface area contributed by atoms with E-state index in [2.05, 4.69) is 5.32 Å². The van der Waals surface area contributed by atoms with E-state index >= 15 is 0 Å². The van der Waals surface area contributed by atoms with Crippen molar-refractivity contribution >= 4 is 27.6 Å². The van der Waals surface area contributed by atoms with Crippen LogP contribution in [-0.4, -0.2) is 57.0 Å². The molecule has 9 nitrogen and oxygen atoms in total. The summed E-state index contributed by atoms with van der Waals surface area (Å²) in [5, 5.41) is 2.57. The predicted molar refractivity (Wildman–Crippen MR) is 105 cm³/mol. The maximum atomic E-state index is 12.8. The highest BCUT2D eigenvalue weighted by atomic mass is 32.2. The zero-order chi connectivity index (χ0) is 21.6. The Morgan fingerprint density at radius 1 is 1.24 bits per heavy atom. The first-order valence-electron chi connectivity index (χ1n) is 9.27. The van der Waals surface area contributed by atoms with Crippen molar-refractivity contribution in [2.24, 2.45) is 0 Å². The average molecular weight is 426 g/mol. The highest BCUT2D eigenvalue weighted by Gasteiger charge is 2.26. The standard InChI is InChI=1S/C19H26N2O7S/c1-5-21(6-2)29(24,25)17-11-15(8-7-13(17)3)20-18(22)14(4)28-19(23)16-12-26-9-10-27-16/h7-8,11-12,14H,5-6,9-10H2,1-4H3,(H,20,22)/t14-/m1/s1. The third-order valence-electron chi connectivity index (χ3n) is 4.28. The molecule has 1 atom stereocenters. The molecule has 0 spiro atoms. The lowest BCUT2D eigenvalue weighted by Gasteiger charge is -2.21. The number of carbonyl (C=O) groups is 2. The van der Waals surface area contributed by atoms with Crippen molar-refractivity contribution in [3.05, 3.63) is 35.8 Å². The van der Waals surface area contributed by atoms with Gasteiger partial charge in [0.25, 0.3) is 5.91 Å². The Bertz CT molecular complexity index is 892. The summed E-state index contributed by atoms with van der Waals surface area (Å²) in [6, 6.07) is 4.60. The number of ether oxygens (including phenoxy) is 3. The molecule has 1 N–H and O–H groups in total. The highest BCUT2D eigenvalue weighted by molar-refractivity contribution is 7.89. The monoisotopic (exact) mass is 426 g/mol. The maximum Gasteiger partial charge on any atom is 0.377 e. The fraction of sp³-hybridized carbons (Fsp3) is 0.474. The maximum absolute atomic E-state index is 12.8. The summed E-state index contributed by atoms with van der Waals surface area (Å²) in [6.07, 6.45) is 0.0129. The Morgan fingerprint density at radius 3 is 2.52 bits per heavy atom. The van der Waals surface area contributed by atoms with Crippen LogP contribution >= 0.6 is 0 Å².